The summed E-state index contributed by atoms with van der Waals surface area (Å²) >= 11 is 0. The SMILES string of the molecule is CC(=O)NC(C=O)CCC=O. The zero-order chi connectivity index (χ0) is 8.69. The van der Waals surface area contributed by atoms with Crippen molar-refractivity contribution < 1.29 is 14.4 Å². The summed E-state index contributed by atoms with van der Waals surface area (Å²) in [7, 11) is 0. The summed E-state index contributed by atoms with van der Waals surface area (Å²) in [6, 6.07) is -0.516. The van der Waals surface area contributed by atoms with Gasteiger partial charge < -0.3 is 14.9 Å². The summed E-state index contributed by atoms with van der Waals surface area (Å²) in [6.07, 6.45) is 2.03. The Hall–Kier alpha value is -1.19. The number of carbonyl (C=O) groups is 3. The van der Waals surface area contributed by atoms with Gasteiger partial charge in [0.05, 0.1) is 6.04 Å². The van der Waals surface area contributed by atoms with Crippen LogP contribution in [0.5, 0.6) is 0 Å². The monoisotopic (exact) mass is 157 g/mol. The van der Waals surface area contributed by atoms with E-state index in [-0.39, 0.29) is 5.91 Å². The molecule has 0 fully saturated rings. The van der Waals surface area contributed by atoms with Gasteiger partial charge in [-0.25, -0.2) is 0 Å². The number of hydrogen-bond donors (Lipinski definition) is 1. The van der Waals surface area contributed by atoms with Crippen molar-refractivity contribution in [1.29, 1.82) is 0 Å². The number of rotatable bonds is 5. The average molecular weight is 157 g/mol. The maximum Gasteiger partial charge on any atom is 0.217 e. The first-order valence-electron chi connectivity index (χ1n) is 3.36. The Morgan fingerprint density at radius 1 is 1.55 bits per heavy atom. The lowest BCUT2D eigenvalue weighted by atomic mass is 10.2. The summed E-state index contributed by atoms with van der Waals surface area (Å²) in [5, 5.41) is 2.40. The molecule has 4 nitrogen and oxygen atoms in total. The van der Waals surface area contributed by atoms with E-state index in [0.29, 0.717) is 19.1 Å². The van der Waals surface area contributed by atoms with Gasteiger partial charge in [-0.15, -0.1) is 0 Å². The van der Waals surface area contributed by atoms with Crippen molar-refractivity contribution in [3.05, 3.63) is 0 Å². The Labute approximate surface area is 65.0 Å². The summed E-state index contributed by atoms with van der Waals surface area (Å²) in [5.74, 6) is -0.256. The first-order chi connectivity index (χ1) is 5.20. The molecule has 0 aliphatic heterocycles. The molecule has 1 amide bonds. The van der Waals surface area contributed by atoms with Crippen LogP contribution in [0.2, 0.25) is 0 Å². The topological polar surface area (TPSA) is 63.2 Å². The fourth-order valence-corrected chi connectivity index (χ4v) is 0.683. The van der Waals surface area contributed by atoms with Crippen LogP contribution in [0.25, 0.3) is 0 Å². The first-order valence-corrected chi connectivity index (χ1v) is 3.36. The van der Waals surface area contributed by atoms with Gasteiger partial charge in [0, 0.05) is 13.3 Å². The summed E-state index contributed by atoms with van der Waals surface area (Å²) in [4.78, 5) is 30.5. The molecule has 0 rings (SSSR count). The van der Waals surface area contributed by atoms with Gasteiger partial charge in [-0.05, 0) is 6.42 Å². The smallest absolute Gasteiger partial charge is 0.217 e. The van der Waals surface area contributed by atoms with E-state index in [1.807, 2.05) is 0 Å². The van der Waals surface area contributed by atoms with E-state index in [1.54, 1.807) is 0 Å². The Kier molecular flexibility index (Phi) is 4.98. The maximum absolute atomic E-state index is 10.4. The quantitative estimate of drug-likeness (QED) is 0.556. The molecule has 0 heterocycles. The Morgan fingerprint density at radius 2 is 2.18 bits per heavy atom. The van der Waals surface area contributed by atoms with Crippen molar-refractivity contribution in [2.45, 2.75) is 25.8 Å². The minimum absolute atomic E-state index is 0.256. The van der Waals surface area contributed by atoms with Crippen LogP contribution < -0.4 is 5.32 Å². The lowest BCUT2D eigenvalue weighted by Gasteiger charge is -2.07. The summed E-state index contributed by atoms with van der Waals surface area (Å²) < 4.78 is 0. The van der Waals surface area contributed by atoms with Crippen molar-refractivity contribution >= 4 is 18.5 Å². The van der Waals surface area contributed by atoms with Gasteiger partial charge in [-0.1, -0.05) is 0 Å². The molecule has 1 N–H and O–H groups in total. The van der Waals surface area contributed by atoms with E-state index in [0.717, 1.165) is 6.29 Å². The lowest BCUT2D eigenvalue weighted by Crippen LogP contribution is -2.34. The van der Waals surface area contributed by atoms with E-state index in [9.17, 15) is 14.4 Å². The fraction of sp³-hybridized carbons (Fsp3) is 0.571. The van der Waals surface area contributed by atoms with Crippen LogP contribution in [0.15, 0.2) is 0 Å². The van der Waals surface area contributed by atoms with Crippen LogP contribution in [0.1, 0.15) is 19.8 Å². The van der Waals surface area contributed by atoms with Gasteiger partial charge in [0.1, 0.15) is 12.6 Å². The van der Waals surface area contributed by atoms with Crippen molar-refractivity contribution in [3.8, 4) is 0 Å². The maximum atomic E-state index is 10.4. The number of aldehydes is 2. The Bertz CT molecular complexity index is 156. The number of carbonyl (C=O) groups excluding carboxylic acids is 3. The molecule has 1 atom stereocenters. The fourth-order valence-electron chi connectivity index (χ4n) is 0.683. The molecule has 0 aliphatic rings. The normalized spacial score (nSPS) is 11.7. The van der Waals surface area contributed by atoms with Crippen LogP contribution in [-0.2, 0) is 14.4 Å². The zero-order valence-electron chi connectivity index (χ0n) is 6.37. The molecule has 0 aromatic carbocycles. The summed E-state index contributed by atoms with van der Waals surface area (Å²) in [6.45, 7) is 1.33. The van der Waals surface area contributed by atoms with Gasteiger partial charge in [0.2, 0.25) is 5.91 Å². The van der Waals surface area contributed by atoms with E-state index >= 15 is 0 Å². The van der Waals surface area contributed by atoms with E-state index in [1.165, 1.54) is 6.92 Å². The second kappa shape index (κ2) is 5.58. The molecule has 0 bridgehead atoms. The van der Waals surface area contributed by atoms with E-state index in [2.05, 4.69) is 5.32 Å². The third-order valence-electron chi connectivity index (χ3n) is 1.15. The van der Waals surface area contributed by atoms with Gasteiger partial charge in [-0.2, -0.15) is 0 Å². The zero-order valence-corrected chi connectivity index (χ0v) is 6.37. The highest BCUT2D eigenvalue weighted by Gasteiger charge is 2.06. The standard InChI is InChI=1S/C7H11NO3/c1-6(11)8-7(5-10)3-2-4-9/h4-5,7H,2-3H2,1H3,(H,8,11). The van der Waals surface area contributed by atoms with Gasteiger partial charge in [0.15, 0.2) is 0 Å². The van der Waals surface area contributed by atoms with E-state index < -0.39 is 6.04 Å². The van der Waals surface area contributed by atoms with Crippen molar-refractivity contribution in [3.63, 3.8) is 0 Å². The third kappa shape index (κ3) is 5.26. The molecule has 0 aromatic heterocycles. The third-order valence-corrected chi connectivity index (χ3v) is 1.15. The molecule has 11 heavy (non-hydrogen) atoms. The minimum atomic E-state index is -0.516. The molecule has 0 spiro atoms. The highest BCUT2D eigenvalue weighted by molar-refractivity contribution is 5.77. The van der Waals surface area contributed by atoms with Crippen LogP contribution in [0, 0.1) is 0 Å². The van der Waals surface area contributed by atoms with Crippen molar-refractivity contribution in [2.75, 3.05) is 0 Å². The first kappa shape index (κ1) is 9.81. The molecule has 4 heteroatoms. The second-order valence-electron chi connectivity index (χ2n) is 2.19. The lowest BCUT2D eigenvalue weighted by molar-refractivity contribution is -0.122. The van der Waals surface area contributed by atoms with Crippen LogP contribution in [0.4, 0.5) is 0 Å². The Morgan fingerprint density at radius 3 is 2.55 bits per heavy atom. The van der Waals surface area contributed by atoms with Gasteiger partial charge >= 0.3 is 0 Å². The molecular formula is C7H11NO3. The van der Waals surface area contributed by atoms with Crippen LogP contribution in [-0.4, -0.2) is 24.5 Å². The highest BCUT2D eigenvalue weighted by Crippen LogP contribution is 1.90. The molecular weight excluding hydrogens is 146 g/mol. The van der Waals surface area contributed by atoms with Crippen LogP contribution in [0.3, 0.4) is 0 Å². The largest absolute Gasteiger partial charge is 0.347 e. The predicted octanol–water partition coefficient (Wildman–Crippen LogP) is -0.331. The Balaban J connectivity index is 3.65. The number of nitrogens with one attached hydrogen (secondary N) is 1. The van der Waals surface area contributed by atoms with Gasteiger partial charge in [-0.3, -0.25) is 4.79 Å². The molecule has 0 saturated carbocycles. The minimum Gasteiger partial charge on any atom is -0.347 e. The molecule has 0 saturated heterocycles. The molecule has 0 radical (unpaired) electrons. The van der Waals surface area contributed by atoms with E-state index in [4.69, 9.17) is 0 Å². The number of amides is 1. The second-order valence-corrected chi connectivity index (χ2v) is 2.19. The van der Waals surface area contributed by atoms with Gasteiger partial charge in [0.25, 0.3) is 0 Å². The van der Waals surface area contributed by atoms with Crippen LogP contribution >= 0.6 is 0 Å². The predicted molar refractivity (Wildman–Crippen MR) is 39.0 cm³/mol. The van der Waals surface area contributed by atoms with Crippen molar-refractivity contribution in [1.82, 2.24) is 5.32 Å². The highest BCUT2D eigenvalue weighted by atomic mass is 16.2. The molecule has 62 valence electrons. The molecule has 1 unspecified atom stereocenters. The molecule has 0 aromatic rings. The molecule has 0 aliphatic carbocycles. The average Bonchev–Trinajstić information content (AvgIpc) is 1.97. The van der Waals surface area contributed by atoms with Crippen molar-refractivity contribution in [2.24, 2.45) is 0 Å². The summed E-state index contributed by atoms with van der Waals surface area (Å²) in [5.41, 5.74) is 0. The number of hydrogen-bond acceptors (Lipinski definition) is 3.